The first-order valence-corrected chi connectivity index (χ1v) is 6.69. The van der Waals surface area contributed by atoms with Crippen LogP contribution in [0.15, 0.2) is 48.5 Å². The normalized spacial score (nSPS) is 10.6. The van der Waals surface area contributed by atoms with Gasteiger partial charge < -0.3 is 5.32 Å². The molecule has 0 saturated carbocycles. The number of rotatable bonds is 5. The van der Waals surface area contributed by atoms with Crippen molar-refractivity contribution in [1.29, 1.82) is 0 Å². The van der Waals surface area contributed by atoms with Gasteiger partial charge in [-0.3, -0.25) is 4.79 Å². The smallest absolute Gasteiger partial charge is 0.181 e. The Morgan fingerprint density at radius 2 is 1.65 bits per heavy atom. The Labute approximate surface area is 118 Å². The predicted molar refractivity (Wildman–Crippen MR) is 79.8 cm³/mol. The van der Waals surface area contributed by atoms with Gasteiger partial charge in [0.15, 0.2) is 5.78 Å². The van der Waals surface area contributed by atoms with Gasteiger partial charge in [-0.25, -0.2) is 4.39 Å². The second kappa shape index (κ2) is 6.33. The van der Waals surface area contributed by atoms with Gasteiger partial charge in [0, 0.05) is 11.3 Å². The molecule has 2 aromatic carbocycles. The van der Waals surface area contributed by atoms with Gasteiger partial charge in [-0.2, -0.15) is 0 Å². The van der Waals surface area contributed by atoms with Crippen molar-refractivity contribution in [2.24, 2.45) is 0 Å². The number of nitrogens with one attached hydrogen (secondary N) is 1. The topological polar surface area (TPSA) is 29.1 Å². The van der Waals surface area contributed by atoms with Crippen molar-refractivity contribution in [3.63, 3.8) is 0 Å². The van der Waals surface area contributed by atoms with Crippen molar-refractivity contribution in [1.82, 2.24) is 0 Å². The maximum atomic E-state index is 12.8. The zero-order chi connectivity index (χ0) is 14.5. The quantitative estimate of drug-likeness (QED) is 0.824. The molecule has 3 heteroatoms. The van der Waals surface area contributed by atoms with Crippen molar-refractivity contribution >= 4 is 11.5 Å². The summed E-state index contributed by atoms with van der Waals surface area (Å²) in [4.78, 5) is 11.9. The summed E-state index contributed by atoms with van der Waals surface area (Å²) < 4.78 is 12.8. The lowest BCUT2D eigenvalue weighted by molar-refractivity contribution is 0.101. The lowest BCUT2D eigenvalue weighted by atomic mass is 10.0. The van der Waals surface area contributed by atoms with E-state index in [1.807, 2.05) is 12.1 Å². The van der Waals surface area contributed by atoms with E-state index in [2.05, 4.69) is 31.3 Å². The van der Waals surface area contributed by atoms with Crippen LogP contribution >= 0.6 is 0 Å². The number of carbonyl (C=O) groups excluding carboxylic acids is 1. The summed E-state index contributed by atoms with van der Waals surface area (Å²) in [5.74, 6) is 0.0987. The Morgan fingerprint density at radius 1 is 1.05 bits per heavy atom. The third-order valence-corrected chi connectivity index (χ3v) is 3.20. The van der Waals surface area contributed by atoms with Crippen LogP contribution < -0.4 is 5.32 Å². The van der Waals surface area contributed by atoms with Crippen LogP contribution in [0.2, 0.25) is 0 Å². The minimum atomic E-state index is -0.334. The van der Waals surface area contributed by atoms with Crippen molar-refractivity contribution in [2.75, 3.05) is 11.9 Å². The van der Waals surface area contributed by atoms with E-state index in [1.165, 1.54) is 29.8 Å². The van der Waals surface area contributed by atoms with Crippen molar-refractivity contribution in [3.8, 4) is 0 Å². The Bertz CT molecular complexity index is 573. The Kier molecular flexibility index (Phi) is 4.51. The van der Waals surface area contributed by atoms with Gasteiger partial charge in [0.25, 0.3) is 0 Å². The zero-order valence-corrected chi connectivity index (χ0v) is 11.7. The largest absolute Gasteiger partial charge is 0.378 e. The van der Waals surface area contributed by atoms with Gasteiger partial charge in [-0.15, -0.1) is 0 Å². The minimum Gasteiger partial charge on any atom is -0.378 e. The van der Waals surface area contributed by atoms with Crippen LogP contribution in [0.5, 0.6) is 0 Å². The van der Waals surface area contributed by atoms with Crippen LogP contribution in [0.25, 0.3) is 0 Å². The molecule has 0 aliphatic rings. The van der Waals surface area contributed by atoms with E-state index in [-0.39, 0.29) is 18.1 Å². The van der Waals surface area contributed by atoms with Crippen LogP contribution in [0.1, 0.15) is 35.7 Å². The number of benzene rings is 2. The van der Waals surface area contributed by atoms with E-state index < -0.39 is 0 Å². The van der Waals surface area contributed by atoms with E-state index >= 15 is 0 Å². The lowest BCUT2D eigenvalue weighted by Gasteiger charge is -2.09. The standard InChI is InChI=1S/C17H18FNO/c1-12(2)13-5-9-16(10-6-13)19-11-17(20)14-3-7-15(18)8-4-14/h3-10,12,19H,11H2,1-2H3. The molecule has 0 saturated heterocycles. The van der Waals surface area contributed by atoms with Crippen LogP contribution in [0.3, 0.4) is 0 Å². The fraction of sp³-hybridized carbons (Fsp3) is 0.235. The number of anilines is 1. The molecule has 1 N–H and O–H groups in total. The molecule has 0 amide bonds. The SMILES string of the molecule is CC(C)c1ccc(NCC(=O)c2ccc(F)cc2)cc1. The average Bonchev–Trinajstić information content (AvgIpc) is 2.46. The number of hydrogen-bond acceptors (Lipinski definition) is 2. The van der Waals surface area contributed by atoms with Gasteiger partial charge in [-0.1, -0.05) is 26.0 Å². The molecule has 104 valence electrons. The highest BCUT2D eigenvalue weighted by Crippen LogP contribution is 2.17. The van der Waals surface area contributed by atoms with Gasteiger partial charge in [0.2, 0.25) is 0 Å². The summed E-state index contributed by atoms with van der Waals surface area (Å²) >= 11 is 0. The minimum absolute atomic E-state index is 0.0575. The van der Waals surface area contributed by atoms with E-state index in [1.54, 1.807) is 0 Å². The molecule has 0 aromatic heterocycles. The van der Waals surface area contributed by atoms with Gasteiger partial charge >= 0.3 is 0 Å². The van der Waals surface area contributed by atoms with E-state index in [9.17, 15) is 9.18 Å². The lowest BCUT2D eigenvalue weighted by Crippen LogP contribution is -2.13. The maximum Gasteiger partial charge on any atom is 0.181 e. The summed E-state index contributed by atoms with van der Waals surface area (Å²) in [6, 6.07) is 13.6. The third kappa shape index (κ3) is 3.67. The second-order valence-electron chi connectivity index (χ2n) is 5.06. The molecule has 2 nitrogen and oxygen atoms in total. The first-order valence-electron chi connectivity index (χ1n) is 6.69. The number of hydrogen-bond donors (Lipinski definition) is 1. The molecule has 0 atom stereocenters. The molecule has 0 spiro atoms. The Balaban J connectivity index is 1.94. The monoisotopic (exact) mass is 271 g/mol. The van der Waals surface area contributed by atoms with E-state index in [4.69, 9.17) is 0 Å². The fourth-order valence-corrected chi connectivity index (χ4v) is 1.91. The summed E-state index contributed by atoms with van der Waals surface area (Å²) in [6.07, 6.45) is 0. The van der Waals surface area contributed by atoms with Crippen molar-refractivity contribution in [2.45, 2.75) is 19.8 Å². The van der Waals surface area contributed by atoms with Gasteiger partial charge in [-0.05, 0) is 47.9 Å². The highest BCUT2D eigenvalue weighted by Gasteiger charge is 2.06. The van der Waals surface area contributed by atoms with Crippen LogP contribution in [0.4, 0.5) is 10.1 Å². The fourth-order valence-electron chi connectivity index (χ4n) is 1.91. The molecular formula is C17H18FNO. The van der Waals surface area contributed by atoms with E-state index in [0.29, 0.717) is 11.5 Å². The van der Waals surface area contributed by atoms with Gasteiger partial charge in [0.1, 0.15) is 5.82 Å². The summed E-state index contributed by atoms with van der Waals surface area (Å²) in [5, 5.41) is 3.08. The second-order valence-corrected chi connectivity index (χ2v) is 5.06. The summed E-state index contributed by atoms with van der Waals surface area (Å²) in [7, 11) is 0. The molecule has 0 bridgehead atoms. The summed E-state index contributed by atoms with van der Waals surface area (Å²) in [6.45, 7) is 4.48. The highest BCUT2D eigenvalue weighted by atomic mass is 19.1. The van der Waals surface area contributed by atoms with Crippen LogP contribution in [-0.2, 0) is 0 Å². The molecule has 0 radical (unpaired) electrons. The maximum absolute atomic E-state index is 12.8. The number of Topliss-reactive ketones (excluding diaryl/α,β-unsaturated/α-hetero) is 1. The molecule has 0 aliphatic heterocycles. The van der Waals surface area contributed by atoms with E-state index in [0.717, 1.165) is 5.69 Å². The summed E-state index contributed by atoms with van der Waals surface area (Å²) in [5.41, 5.74) is 2.68. The molecule has 0 unspecified atom stereocenters. The van der Waals surface area contributed by atoms with Crippen molar-refractivity contribution in [3.05, 3.63) is 65.5 Å². The van der Waals surface area contributed by atoms with Crippen LogP contribution in [0, 0.1) is 5.82 Å². The molecule has 0 heterocycles. The molecular weight excluding hydrogens is 253 g/mol. The molecule has 2 rings (SSSR count). The zero-order valence-electron chi connectivity index (χ0n) is 11.7. The Morgan fingerprint density at radius 3 is 2.20 bits per heavy atom. The highest BCUT2D eigenvalue weighted by molar-refractivity contribution is 5.98. The number of halogens is 1. The predicted octanol–water partition coefficient (Wildman–Crippen LogP) is 4.24. The molecule has 2 aromatic rings. The van der Waals surface area contributed by atoms with Gasteiger partial charge in [0.05, 0.1) is 6.54 Å². The average molecular weight is 271 g/mol. The third-order valence-electron chi connectivity index (χ3n) is 3.20. The van der Waals surface area contributed by atoms with Crippen LogP contribution in [-0.4, -0.2) is 12.3 Å². The molecule has 0 fully saturated rings. The van der Waals surface area contributed by atoms with Crippen molar-refractivity contribution < 1.29 is 9.18 Å². The number of ketones is 1. The first-order chi connectivity index (χ1) is 9.56. The molecule has 0 aliphatic carbocycles. The molecule has 20 heavy (non-hydrogen) atoms. The Hall–Kier alpha value is -2.16. The number of carbonyl (C=O) groups is 1. The first kappa shape index (κ1) is 14.3.